The predicted molar refractivity (Wildman–Crippen MR) is 112 cm³/mol. The molecule has 4 nitrogen and oxygen atoms in total. The largest absolute Gasteiger partial charge is 0.343 e. The van der Waals surface area contributed by atoms with E-state index in [9.17, 15) is 9.59 Å². The van der Waals surface area contributed by atoms with Gasteiger partial charge in [-0.15, -0.1) is 0 Å². The molecule has 1 heterocycles. The molecule has 0 unspecified atom stereocenters. The average Bonchev–Trinajstić information content (AvgIpc) is 2.73. The van der Waals surface area contributed by atoms with Crippen LogP contribution in [0, 0.1) is 5.92 Å². The van der Waals surface area contributed by atoms with Crippen molar-refractivity contribution in [3.05, 3.63) is 71.3 Å². The van der Waals surface area contributed by atoms with Crippen LogP contribution in [0.4, 0.5) is 0 Å². The molecule has 1 aliphatic rings. The number of carbonyl (C=O) groups excluding carboxylic acids is 2. The first-order valence-corrected chi connectivity index (χ1v) is 10.2. The highest BCUT2D eigenvalue weighted by Gasteiger charge is 2.21. The van der Waals surface area contributed by atoms with Crippen LogP contribution in [0.15, 0.2) is 54.6 Å². The normalized spacial score (nSPS) is 14.7. The van der Waals surface area contributed by atoms with Gasteiger partial charge in [-0.3, -0.25) is 9.59 Å². The number of carbonyl (C=O) groups is 2. The Hall–Kier alpha value is -2.62. The number of amides is 2. The van der Waals surface area contributed by atoms with Crippen LogP contribution in [0.3, 0.4) is 0 Å². The van der Waals surface area contributed by atoms with Crippen molar-refractivity contribution in [2.75, 3.05) is 19.6 Å². The molecule has 1 aliphatic heterocycles. The van der Waals surface area contributed by atoms with Crippen LogP contribution in [-0.2, 0) is 17.8 Å². The fourth-order valence-electron chi connectivity index (χ4n) is 3.88. The fraction of sp³-hybridized carbons (Fsp3) is 0.417. The van der Waals surface area contributed by atoms with Crippen LogP contribution in [0.1, 0.15) is 48.2 Å². The van der Waals surface area contributed by atoms with Crippen molar-refractivity contribution >= 4 is 11.8 Å². The summed E-state index contributed by atoms with van der Waals surface area (Å²) in [6.45, 7) is 6.70. The van der Waals surface area contributed by atoms with Gasteiger partial charge < -0.3 is 9.80 Å². The van der Waals surface area contributed by atoms with Crippen LogP contribution < -0.4 is 0 Å². The second-order valence-corrected chi connectivity index (χ2v) is 7.66. The van der Waals surface area contributed by atoms with Crippen LogP contribution >= 0.6 is 0 Å². The Morgan fingerprint density at radius 2 is 1.61 bits per heavy atom. The Balaban J connectivity index is 1.57. The van der Waals surface area contributed by atoms with Gasteiger partial charge in [0, 0.05) is 38.7 Å². The molecule has 2 aromatic carbocycles. The lowest BCUT2D eigenvalue weighted by Crippen LogP contribution is -2.37. The molecule has 0 aromatic heterocycles. The Kier molecular flexibility index (Phi) is 6.85. The second-order valence-electron chi connectivity index (χ2n) is 7.66. The highest BCUT2D eigenvalue weighted by molar-refractivity contribution is 5.94. The van der Waals surface area contributed by atoms with Crippen molar-refractivity contribution in [2.45, 2.75) is 39.7 Å². The van der Waals surface area contributed by atoms with Crippen LogP contribution in [0.2, 0.25) is 0 Å². The standard InChI is InChI=1S/C24H30N2O2/c1-3-25(18-22-7-5-4-6-8-22)24(28)23-11-9-20(10-12-23)17-21-13-15-26(16-14-21)19(2)27/h4-12,21H,3,13-18H2,1-2H3. The number of likely N-dealkylation sites (tertiary alicyclic amines) is 1. The first-order valence-electron chi connectivity index (χ1n) is 10.2. The first-order chi connectivity index (χ1) is 13.6. The van der Waals surface area contributed by atoms with Crippen molar-refractivity contribution in [1.82, 2.24) is 9.80 Å². The summed E-state index contributed by atoms with van der Waals surface area (Å²) in [4.78, 5) is 28.1. The van der Waals surface area contributed by atoms with Gasteiger partial charge in [-0.1, -0.05) is 42.5 Å². The topological polar surface area (TPSA) is 40.6 Å². The van der Waals surface area contributed by atoms with E-state index in [0.717, 1.165) is 43.5 Å². The minimum absolute atomic E-state index is 0.0765. The third kappa shape index (κ3) is 5.22. The summed E-state index contributed by atoms with van der Waals surface area (Å²) in [5.41, 5.74) is 3.16. The Morgan fingerprint density at radius 3 is 2.18 bits per heavy atom. The molecule has 0 N–H and O–H groups in total. The number of nitrogens with zero attached hydrogens (tertiary/aromatic N) is 2. The third-order valence-corrected chi connectivity index (χ3v) is 5.67. The molecule has 3 rings (SSSR count). The van der Waals surface area contributed by atoms with Crippen LogP contribution in [-0.4, -0.2) is 41.2 Å². The summed E-state index contributed by atoms with van der Waals surface area (Å²) in [7, 11) is 0. The molecule has 0 atom stereocenters. The zero-order valence-corrected chi connectivity index (χ0v) is 16.9. The molecule has 0 bridgehead atoms. The van der Waals surface area contributed by atoms with Gasteiger partial charge >= 0.3 is 0 Å². The zero-order chi connectivity index (χ0) is 19.9. The van der Waals surface area contributed by atoms with Gasteiger partial charge in [-0.2, -0.15) is 0 Å². The maximum Gasteiger partial charge on any atom is 0.254 e. The average molecular weight is 379 g/mol. The van der Waals surface area contributed by atoms with E-state index in [1.807, 2.05) is 47.1 Å². The molecule has 2 amide bonds. The van der Waals surface area contributed by atoms with Gasteiger partial charge in [0.1, 0.15) is 0 Å². The number of hydrogen-bond acceptors (Lipinski definition) is 2. The van der Waals surface area contributed by atoms with E-state index < -0.39 is 0 Å². The van der Waals surface area contributed by atoms with Crippen molar-refractivity contribution in [3.63, 3.8) is 0 Å². The summed E-state index contributed by atoms with van der Waals surface area (Å²) in [6.07, 6.45) is 3.13. The van der Waals surface area contributed by atoms with Gasteiger partial charge in [0.25, 0.3) is 5.91 Å². The minimum Gasteiger partial charge on any atom is -0.343 e. The van der Waals surface area contributed by atoms with Gasteiger partial charge in [0.05, 0.1) is 0 Å². The molecular weight excluding hydrogens is 348 g/mol. The maximum atomic E-state index is 12.9. The Bertz CT molecular complexity index is 778. The number of piperidine rings is 1. The van der Waals surface area contributed by atoms with E-state index in [2.05, 4.69) is 24.3 Å². The first kappa shape index (κ1) is 20.1. The molecular formula is C24H30N2O2. The fourth-order valence-corrected chi connectivity index (χ4v) is 3.88. The van der Waals surface area contributed by atoms with E-state index in [4.69, 9.17) is 0 Å². The summed E-state index contributed by atoms with van der Waals surface area (Å²) >= 11 is 0. The van der Waals surface area contributed by atoms with Crippen LogP contribution in [0.5, 0.6) is 0 Å². The minimum atomic E-state index is 0.0765. The molecule has 1 fully saturated rings. The molecule has 4 heteroatoms. The SMILES string of the molecule is CCN(Cc1ccccc1)C(=O)c1ccc(CC2CCN(C(C)=O)CC2)cc1. The van der Waals surface area contributed by atoms with E-state index in [-0.39, 0.29) is 11.8 Å². The lowest BCUT2D eigenvalue weighted by Gasteiger charge is -2.31. The molecule has 148 valence electrons. The molecule has 0 spiro atoms. The molecule has 0 aliphatic carbocycles. The van der Waals surface area contributed by atoms with Crippen molar-refractivity contribution in [2.24, 2.45) is 5.92 Å². The van der Waals surface area contributed by atoms with Gasteiger partial charge in [0.15, 0.2) is 0 Å². The second kappa shape index (κ2) is 9.54. The van der Waals surface area contributed by atoms with Gasteiger partial charge in [-0.25, -0.2) is 0 Å². The van der Waals surface area contributed by atoms with Crippen LogP contribution in [0.25, 0.3) is 0 Å². The lowest BCUT2D eigenvalue weighted by atomic mass is 9.90. The van der Waals surface area contributed by atoms with Crippen molar-refractivity contribution in [1.29, 1.82) is 0 Å². The summed E-state index contributed by atoms with van der Waals surface area (Å²) in [6, 6.07) is 18.2. The number of rotatable bonds is 6. The molecule has 1 saturated heterocycles. The highest BCUT2D eigenvalue weighted by Crippen LogP contribution is 2.22. The molecule has 0 saturated carbocycles. The summed E-state index contributed by atoms with van der Waals surface area (Å²) in [5, 5.41) is 0. The Labute approximate surface area is 168 Å². The molecule has 2 aromatic rings. The molecule has 28 heavy (non-hydrogen) atoms. The number of benzene rings is 2. The maximum absolute atomic E-state index is 12.9. The lowest BCUT2D eigenvalue weighted by molar-refractivity contribution is -0.130. The smallest absolute Gasteiger partial charge is 0.254 e. The monoisotopic (exact) mass is 378 g/mol. The zero-order valence-electron chi connectivity index (χ0n) is 16.9. The molecule has 0 radical (unpaired) electrons. The van der Waals surface area contributed by atoms with Gasteiger partial charge in [-0.05, 0) is 55.4 Å². The van der Waals surface area contributed by atoms with Crippen molar-refractivity contribution < 1.29 is 9.59 Å². The highest BCUT2D eigenvalue weighted by atomic mass is 16.2. The van der Waals surface area contributed by atoms with Gasteiger partial charge in [0.2, 0.25) is 5.91 Å². The van der Waals surface area contributed by atoms with Crippen molar-refractivity contribution in [3.8, 4) is 0 Å². The quantitative estimate of drug-likeness (QED) is 0.758. The van der Waals surface area contributed by atoms with E-state index in [1.54, 1.807) is 6.92 Å². The summed E-state index contributed by atoms with van der Waals surface area (Å²) in [5.74, 6) is 0.868. The predicted octanol–water partition coefficient (Wildman–Crippen LogP) is 4.15. The van der Waals surface area contributed by atoms with E-state index in [0.29, 0.717) is 19.0 Å². The number of hydrogen-bond donors (Lipinski definition) is 0. The summed E-state index contributed by atoms with van der Waals surface area (Å²) < 4.78 is 0. The Morgan fingerprint density at radius 1 is 0.964 bits per heavy atom. The van der Waals surface area contributed by atoms with E-state index in [1.165, 1.54) is 5.56 Å². The van der Waals surface area contributed by atoms with E-state index >= 15 is 0 Å². The third-order valence-electron chi connectivity index (χ3n) is 5.67.